The van der Waals surface area contributed by atoms with Crippen LogP contribution < -0.4 is 4.90 Å². The monoisotopic (exact) mass is 752 g/mol. The fourth-order valence-electron chi connectivity index (χ4n) is 10.1. The lowest BCUT2D eigenvalue weighted by Crippen LogP contribution is -2.17. The van der Waals surface area contributed by atoms with Gasteiger partial charge in [-0.25, -0.2) is 0 Å². The number of nitrogens with zero attached hydrogens (tertiary/aromatic N) is 2. The SMILES string of the molecule is CC1(C)c2cc(N(c3ccc4ccccc4c3-c3ccc4ccccc4c3)c3cccc4c3c3ccccc3n4-c3ccccc3)ccc2-c2cc3ccccc3cc21. The van der Waals surface area contributed by atoms with Gasteiger partial charge in [0.25, 0.3) is 0 Å². The van der Waals surface area contributed by atoms with Gasteiger partial charge in [0, 0.05) is 33.1 Å². The second-order valence-electron chi connectivity index (χ2n) is 16.5. The third kappa shape index (κ3) is 5.06. The first-order valence-electron chi connectivity index (χ1n) is 20.6. The fourth-order valence-corrected chi connectivity index (χ4v) is 10.1. The number of fused-ring (bicyclic) bond motifs is 9. The second kappa shape index (κ2) is 12.8. The molecule has 10 aromatic carbocycles. The standard InChI is InChI=1S/C57H40N2/c1-57(2)49-35-41-19-9-8-18-40(41)34-48(49)46-31-30-44(36-50(46)57)59(53-26-14-25-52-56(53)47-23-12-13-24-51(47)58(52)43-20-4-3-5-21-43)54-32-29-38-16-10-11-22-45(38)55(54)42-28-27-37-15-6-7-17-39(37)33-42/h3-36H,1-2H3. The summed E-state index contributed by atoms with van der Waals surface area (Å²) >= 11 is 0. The molecule has 0 radical (unpaired) electrons. The van der Waals surface area contributed by atoms with Crippen LogP contribution in [0, 0.1) is 0 Å². The van der Waals surface area contributed by atoms with E-state index in [9.17, 15) is 0 Å². The van der Waals surface area contributed by atoms with E-state index in [0.717, 1.165) is 22.7 Å². The van der Waals surface area contributed by atoms with E-state index >= 15 is 0 Å². The Balaban J connectivity index is 1.18. The van der Waals surface area contributed by atoms with Crippen LogP contribution in [0.2, 0.25) is 0 Å². The van der Waals surface area contributed by atoms with Crippen LogP contribution in [-0.4, -0.2) is 4.57 Å². The largest absolute Gasteiger partial charge is 0.309 e. The zero-order valence-electron chi connectivity index (χ0n) is 33.0. The van der Waals surface area contributed by atoms with E-state index in [2.05, 4.69) is 230 Å². The third-order valence-electron chi connectivity index (χ3n) is 12.9. The van der Waals surface area contributed by atoms with E-state index in [4.69, 9.17) is 0 Å². The van der Waals surface area contributed by atoms with Crippen LogP contribution in [-0.2, 0) is 5.41 Å². The van der Waals surface area contributed by atoms with Crippen molar-refractivity contribution in [3.63, 3.8) is 0 Å². The number of rotatable bonds is 5. The van der Waals surface area contributed by atoms with Crippen molar-refractivity contribution in [2.24, 2.45) is 0 Å². The van der Waals surface area contributed by atoms with Gasteiger partial charge in [0.1, 0.15) is 0 Å². The maximum atomic E-state index is 2.55. The summed E-state index contributed by atoms with van der Waals surface area (Å²) in [7, 11) is 0. The Hall–Kier alpha value is -7.42. The van der Waals surface area contributed by atoms with E-state index in [-0.39, 0.29) is 5.41 Å². The first-order chi connectivity index (χ1) is 29.0. The normalized spacial score (nSPS) is 13.1. The van der Waals surface area contributed by atoms with Crippen molar-refractivity contribution < 1.29 is 0 Å². The highest BCUT2D eigenvalue weighted by Crippen LogP contribution is 2.54. The minimum atomic E-state index is -0.198. The van der Waals surface area contributed by atoms with Crippen molar-refractivity contribution in [2.75, 3.05) is 4.90 Å². The topological polar surface area (TPSA) is 8.17 Å². The van der Waals surface area contributed by atoms with E-state index in [1.165, 1.54) is 87.5 Å². The molecule has 0 aliphatic heterocycles. The minimum absolute atomic E-state index is 0.198. The van der Waals surface area contributed by atoms with E-state index in [1.54, 1.807) is 0 Å². The van der Waals surface area contributed by atoms with Gasteiger partial charge in [0.2, 0.25) is 0 Å². The molecule has 1 heterocycles. The predicted molar refractivity (Wildman–Crippen MR) is 251 cm³/mol. The summed E-state index contributed by atoms with van der Waals surface area (Å²) in [6.45, 7) is 4.79. The van der Waals surface area contributed by atoms with Gasteiger partial charge < -0.3 is 9.47 Å². The van der Waals surface area contributed by atoms with Crippen molar-refractivity contribution in [1.82, 2.24) is 4.57 Å². The Bertz CT molecular complexity index is 3480. The van der Waals surface area contributed by atoms with Crippen LogP contribution in [0.4, 0.5) is 17.1 Å². The van der Waals surface area contributed by atoms with Gasteiger partial charge in [-0.05, 0) is 127 Å². The number of aromatic nitrogens is 1. The Morgan fingerprint density at radius 3 is 1.85 bits per heavy atom. The number of hydrogen-bond donors (Lipinski definition) is 0. The maximum absolute atomic E-state index is 2.55. The van der Waals surface area contributed by atoms with Crippen LogP contribution in [0.1, 0.15) is 25.0 Å². The molecule has 0 N–H and O–H groups in total. The molecular formula is C57H40N2. The quantitative estimate of drug-likeness (QED) is 0.170. The fraction of sp³-hybridized carbons (Fsp3) is 0.0526. The first-order valence-corrected chi connectivity index (χ1v) is 20.6. The summed E-state index contributed by atoms with van der Waals surface area (Å²) in [6.07, 6.45) is 0. The highest BCUT2D eigenvalue weighted by molar-refractivity contribution is 6.18. The summed E-state index contributed by atoms with van der Waals surface area (Å²) in [5, 5.41) is 9.92. The molecule has 0 bridgehead atoms. The summed E-state index contributed by atoms with van der Waals surface area (Å²) in [4.78, 5) is 2.55. The number of para-hydroxylation sites is 2. The Kier molecular flexibility index (Phi) is 7.31. The lowest BCUT2D eigenvalue weighted by molar-refractivity contribution is 0.661. The van der Waals surface area contributed by atoms with Crippen LogP contribution in [0.25, 0.3) is 82.1 Å². The van der Waals surface area contributed by atoms with Gasteiger partial charge >= 0.3 is 0 Å². The molecule has 2 heteroatoms. The van der Waals surface area contributed by atoms with Gasteiger partial charge in [-0.2, -0.15) is 0 Å². The second-order valence-corrected chi connectivity index (χ2v) is 16.5. The zero-order chi connectivity index (χ0) is 39.2. The highest BCUT2D eigenvalue weighted by atomic mass is 15.2. The number of benzene rings is 10. The zero-order valence-corrected chi connectivity index (χ0v) is 33.0. The lowest BCUT2D eigenvalue weighted by Gasteiger charge is -2.31. The molecule has 1 aliphatic rings. The Morgan fingerprint density at radius 1 is 0.407 bits per heavy atom. The van der Waals surface area contributed by atoms with Crippen LogP contribution in [0.5, 0.6) is 0 Å². The van der Waals surface area contributed by atoms with Crippen LogP contribution in [0.15, 0.2) is 206 Å². The molecular weight excluding hydrogens is 713 g/mol. The average Bonchev–Trinajstić information content (AvgIpc) is 3.74. The van der Waals surface area contributed by atoms with Crippen molar-refractivity contribution >= 4 is 71.2 Å². The average molecular weight is 753 g/mol. The first kappa shape index (κ1) is 33.7. The molecule has 0 fully saturated rings. The van der Waals surface area contributed by atoms with Gasteiger partial charge in [-0.1, -0.05) is 153 Å². The van der Waals surface area contributed by atoms with Crippen molar-refractivity contribution in [3.05, 3.63) is 217 Å². The minimum Gasteiger partial charge on any atom is -0.309 e. The highest BCUT2D eigenvalue weighted by Gasteiger charge is 2.37. The molecule has 0 atom stereocenters. The molecule has 1 aromatic heterocycles. The van der Waals surface area contributed by atoms with Gasteiger partial charge in [-0.3, -0.25) is 0 Å². The third-order valence-corrected chi connectivity index (χ3v) is 12.9. The summed E-state index contributed by atoms with van der Waals surface area (Å²) in [5.41, 5.74) is 14.5. The van der Waals surface area contributed by atoms with E-state index in [0.29, 0.717) is 0 Å². The van der Waals surface area contributed by atoms with Gasteiger partial charge in [-0.15, -0.1) is 0 Å². The molecule has 0 amide bonds. The number of anilines is 3. The van der Waals surface area contributed by atoms with Crippen LogP contribution >= 0.6 is 0 Å². The Labute approximate surface area is 343 Å². The number of hydrogen-bond acceptors (Lipinski definition) is 1. The molecule has 2 nitrogen and oxygen atoms in total. The van der Waals surface area contributed by atoms with Gasteiger partial charge in [0.15, 0.2) is 0 Å². The van der Waals surface area contributed by atoms with Crippen molar-refractivity contribution in [3.8, 4) is 27.9 Å². The molecule has 0 saturated carbocycles. The maximum Gasteiger partial charge on any atom is 0.0562 e. The van der Waals surface area contributed by atoms with E-state index in [1.807, 2.05) is 0 Å². The molecule has 1 aliphatic carbocycles. The molecule has 0 spiro atoms. The Morgan fingerprint density at radius 2 is 1.03 bits per heavy atom. The molecule has 0 saturated heterocycles. The van der Waals surface area contributed by atoms with Gasteiger partial charge in [0.05, 0.1) is 22.4 Å². The summed E-state index contributed by atoms with van der Waals surface area (Å²) < 4.78 is 2.42. The summed E-state index contributed by atoms with van der Waals surface area (Å²) in [5.74, 6) is 0. The van der Waals surface area contributed by atoms with E-state index < -0.39 is 0 Å². The molecule has 278 valence electrons. The molecule has 59 heavy (non-hydrogen) atoms. The lowest BCUT2D eigenvalue weighted by atomic mass is 9.81. The predicted octanol–water partition coefficient (Wildman–Crippen LogP) is 15.7. The molecule has 0 unspecified atom stereocenters. The summed E-state index contributed by atoms with van der Waals surface area (Å²) in [6, 6.07) is 76.4. The molecule has 11 aromatic rings. The molecule has 12 rings (SSSR count). The van der Waals surface area contributed by atoms with Crippen LogP contribution in [0.3, 0.4) is 0 Å². The van der Waals surface area contributed by atoms with Crippen molar-refractivity contribution in [1.29, 1.82) is 0 Å². The van der Waals surface area contributed by atoms with Crippen molar-refractivity contribution in [2.45, 2.75) is 19.3 Å². The smallest absolute Gasteiger partial charge is 0.0562 e.